The van der Waals surface area contributed by atoms with Gasteiger partial charge in [0.2, 0.25) is 0 Å². The van der Waals surface area contributed by atoms with E-state index in [0.29, 0.717) is 0 Å². The summed E-state index contributed by atoms with van der Waals surface area (Å²) in [6.45, 7) is 0. The molecule has 3 N–H and O–H groups in total. The van der Waals surface area contributed by atoms with Gasteiger partial charge in [0.25, 0.3) is 0 Å². The summed E-state index contributed by atoms with van der Waals surface area (Å²) >= 11 is 0. The molecule has 0 saturated heterocycles. The fraction of sp³-hybridized carbons (Fsp3) is 0.400. The van der Waals surface area contributed by atoms with Crippen LogP contribution in [0, 0.1) is 12.3 Å². The Kier molecular flexibility index (Phi) is 6.70. The Balaban J connectivity index is 0. The zero-order valence-electron chi connectivity index (χ0n) is 4.70. The van der Waals surface area contributed by atoms with Gasteiger partial charge in [0.05, 0.1) is 0 Å². The Hall–Kier alpha value is -0.720. The van der Waals surface area contributed by atoms with Crippen LogP contribution in [0.25, 0.3) is 0 Å². The summed E-state index contributed by atoms with van der Waals surface area (Å²) < 4.78 is 0. The number of hydrogen-bond donors (Lipinski definition) is 2. The Labute approximate surface area is 59.6 Å². The fourth-order valence-corrected chi connectivity index (χ4v) is 0.214. The quantitative estimate of drug-likeness (QED) is 0.537. The predicted octanol–water partition coefficient (Wildman–Crippen LogP) is -0.157. The second-order valence-electron chi connectivity index (χ2n) is 1.35. The topological polar surface area (TPSA) is 63.3 Å². The Morgan fingerprint density at radius 1 is 1.89 bits per heavy atom. The van der Waals surface area contributed by atoms with E-state index in [1.807, 2.05) is 0 Å². The van der Waals surface area contributed by atoms with Crippen LogP contribution in [0.2, 0.25) is 0 Å². The van der Waals surface area contributed by atoms with Crippen LogP contribution in [-0.4, -0.2) is 17.1 Å². The summed E-state index contributed by atoms with van der Waals surface area (Å²) in [7, 11) is 0. The molecule has 0 fully saturated rings. The van der Waals surface area contributed by atoms with Gasteiger partial charge in [-0.1, -0.05) is 0 Å². The third-order valence-corrected chi connectivity index (χ3v) is 0.655. The van der Waals surface area contributed by atoms with Gasteiger partial charge in [-0.2, -0.15) is 0 Å². The molecule has 3 nitrogen and oxygen atoms in total. The number of aliphatic carboxylic acids is 1. The molecule has 0 aromatic rings. The van der Waals surface area contributed by atoms with Crippen LogP contribution in [0.5, 0.6) is 0 Å². The minimum absolute atomic E-state index is 0. The molecule has 0 bridgehead atoms. The molecule has 52 valence electrons. The van der Waals surface area contributed by atoms with Gasteiger partial charge in [-0.3, -0.25) is 4.79 Å². The lowest BCUT2D eigenvalue weighted by Crippen LogP contribution is -2.29. The van der Waals surface area contributed by atoms with Gasteiger partial charge in [0.15, 0.2) is 0 Å². The van der Waals surface area contributed by atoms with Crippen molar-refractivity contribution in [2.45, 2.75) is 12.5 Å². The van der Waals surface area contributed by atoms with E-state index in [-0.39, 0.29) is 18.8 Å². The number of halogens is 1. The first-order valence-electron chi connectivity index (χ1n) is 2.10. The third-order valence-electron chi connectivity index (χ3n) is 0.655. The molecular weight excluding hydrogens is 142 g/mol. The molecule has 0 aromatic carbocycles. The Morgan fingerprint density at radius 3 is 2.44 bits per heavy atom. The second-order valence-corrected chi connectivity index (χ2v) is 1.35. The minimum atomic E-state index is -1.05. The molecule has 0 aliphatic carbocycles. The summed E-state index contributed by atoms with van der Waals surface area (Å²) in [5.74, 6) is 1.09. The average Bonchev–Trinajstić information content (AvgIpc) is 1.67. The monoisotopic (exact) mass is 149 g/mol. The molecule has 0 aromatic heterocycles. The highest BCUT2D eigenvalue weighted by Gasteiger charge is 2.07. The lowest BCUT2D eigenvalue weighted by atomic mass is 10.2. The van der Waals surface area contributed by atoms with Gasteiger partial charge in [-0.25, -0.2) is 0 Å². The van der Waals surface area contributed by atoms with E-state index in [1.165, 1.54) is 0 Å². The van der Waals surface area contributed by atoms with Crippen molar-refractivity contribution in [2.75, 3.05) is 0 Å². The van der Waals surface area contributed by atoms with Crippen molar-refractivity contribution in [3.05, 3.63) is 0 Å². The first-order chi connectivity index (χ1) is 3.68. The molecule has 0 aliphatic rings. The van der Waals surface area contributed by atoms with Crippen LogP contribution in [0.3, 0.4) is 0 Å². The van der Waals surface area contributed by atoms with Crippen molar-refractivity contribution in [1.82, 2.24) is 0 Å². The number of carbonyl (C=O) groups is 1. The lowest BCUT2D eigenvalue weighted by Gasteiger charge is -1.96. The SMILES string of the molecule is C#CC[C@@H](N)C(=O)O.Cl. The number of hydrogen-bond acceptors (Lipinski definition) is 2. The second kappa shape index (κ2) is 5.42. The lowest BCUT2D eigenvalue weighted by molar-refractivity contribution is -0.138. The molecule has 1 atom stereocenters. The van der Waals surface area contributed by atoms with Crippen LogP contribution in [0.15, 0.2) is 0 Å². The summed E-state index contributed by atoms with van der Waals surface area (Å²) in [5, 5.41) is 8.09. The fourth-order valence-electron chi connectivity index (χ4n) is 0.214. The summed E-state index contributed by atoms with van der Waals surface area (Å²) in [6.07, 6.45) is 4.87. The molecule has 0 rings (SSSR count). The smallest absolute Gasteiger partial charge is 0.321 e. The number of carboxylic acid groups (broad SMARTS) is 1. The van der Waals surface area contributed by atoms with Crippen molar-refractivity contribution in [3.8, 4) is 12.3 Å². The van der Waals surface area contributed by atoms with E-state index in [2.05, 4.69) is 5.92 Å². The van der Waals surface area contributed by atoms with Crippen LogP contribution >= 0.6 is 12.4 Å². The Morgan fingerprint density at radius 2 is 2.33 bits per heavy atom. The summed E-state index contributed by atoms with van der Waals surface area (Å²) in [6, 6.07) is -0.903. The number of carboxylic acids is 1. The molecule has 0 heterocycles. The van der Waals surface area contributed by atoms with E-state index < -0.39 is 12.0 Å². The highest BCUT2D eigenvalue weighted by molar-refractivity contribution is 5.85. The maximum absolute atomic E-state index is 9.87. The highest BCUT2D eigenvalue weighted by atomic mass is 35.5. The Bertz CT molecular complexity index is 129. The number of terminal acetylenes is 1. The molecule has 0 saturated carbocycles. The van der Waals surface area contributed by atoms with E-state index in [0.717, 1.165) is 0 Å². The van der Waals surface area contributed by atoms with Gasteiger partial charge in [-0.15, -0.1) is 24.8 Å². The molecule has 0 aliphatic heterocycles. The zero-order chi connectivity index (χ0) is 6.57. The van der Waals surface area contributed by atoms with Crippen molar-refractivity contribution >= 4 is 18.4 Å². The van der Waals surface area contributed by atoms with Crippen LogP contribution in [-0.2, 0) is 4.79 Å². The maximum atomic E-state index is 9.87. The summed E-state index contributed by atoms with van der Waals surface area (Å²) in [4.78, 5) is 9.87. The van der Waals surface area contributed by atoms with E-state index in [4.69, 9.17) is 17.3 Å². The van der Waals surface area contributed by atoms with Gasteiger partial charge >= 0.3 is 5.97 Å². The molecule has 0 radical (unpaired) electrons. The number of rotatable bonds is 2. The third kappa shape index (κ3) is 5.15. The molecule has 0 unspecified atom stereocenters. The molecule has 0 spiro atoms. The van der Waals surface area contributed by atoms with Gasteiger partial charge in [0, 0.05) is 6.42 Å². The molecule has 4 heteroatoms. The standard InChI is InChI=1S/C5H7NO2.ClH/c1-2-3-4(6)5(7)8;/h1,4H,3,6H2,(H,7,8);1H/t4-;/m1./s1. The van der Waals surface area contributed by atoms with Crippen LogP contribution in [0.1, 0.15) is 6.42 Å². The minimum Gasteiger partial charge on any atom is -0.480 e. The maximum Gasteiger partial charge on any atom is 0.321 e. The van der Waals surface area contributed by atoms with E-state index in [1.54, 1.807) is 0 Å². The molecular formula is C5H8ClNO2. The highest BCUT2D eigenvalue weighted by Crippen LogP contribution is 1.82. The van der Waals surface area contributed by atoms with Crippen molar-refractivity contribution in [3.63, 3.8) is 0 Å². The van der Waals surface area contributed by atoms with Crippen LogP contribution < -0.4 is 5.73 Å². The first kappa shape index (κ1) is 11.1. The number of nitrogens with two attached hydrogens (primary N) is 1. The van der Waals surface area contributed by atoms with E-state index in [9.17, 15) is 4.79 Å². The molecule has 0 amide bonds. The van der Waals surface area contributed by atoms with Gasteiger partial charge < -0.3 is 10.8 Å². The van der Waals surface area contributed by atoms with Crippen molar-refractivity contribution < 1.29 is 9.90 Å². The van der Waals surface area contributed by atoms with Gasteiger partial charge in [-0.05, 0) is 0 Å². The van der Waals surface area contributed by atoms with E-state index >= 15 is 0 Å². The van der Waals surface area contributed by atoms with Gasteiger partial charge in [0.1, 0.15) is 6.04 Å². The normalized spacial score (nSPS) is 10.7. The first-order valence-corrected chi connectivity index (χ1v) is 2.10. The average molecular weight is 150 g/mol. The van der Waals surface area contributed by atoms with Crippen molar-refractivity contribution in [1.29, 1.82) is 0 Å². The summed E-state index contributed by atoms with van der Waals surface area (Å²) in [5.41, 5.74) is 4.98. The molecule has 9 heavy (non-hydrogen) atoms. The van der Waals surface area contributed by atoms with Crippen LogP contribution in [0.4, 0.5) is 0 Å². The largest absolute Gasteiger partial charge is 0.480 e. The zero-order valence-corrected chi connectivity index (χ0v) is 5.52. The predicted molar refractivity (Wildman–Crippen MR) is 36.3 cm³/mol. The van der Waals surface area contributed by atoms with Crippen molar-refractivity contribution in [2.24, 2.45) is 5.73 Å².